The van der Waals surface area contributed by atoms with Crippen molar-refractivity contribution in [1.82, 2.24) is 4.90 Å². The van der Waals surface area contributed by atoms with Gasteiger partial charge in [-0.2, -0.15) is 0 Å². The summed E-state index contributed by atoms with van der Waals surface area (Å²) in [5.41, 5.74) is 1.03. The molecule has 234 valence electrons. The van der Waals surface area contributed by atoms with Crippen molar-refractivity contribution in [2.24, 2.45) is 0 Å². The minimum atomic E-state index is -4.14. The number of unbranched alkanes of at least 4 members (excludes halogenated alkanes) is 15. The fourth-order valence-electron chi connectivity index (χ4n) is 4.45. The molecule has 0 aliphatic rings. The van der Waals surface area contributed by atoms with Gasteiger partial charge < -0.3 is 19.3 Å². The standard InChI is InChI=1S/C32H60NO6P/c1-4-5-6-7-8-9-10-11-12-13-14-15-16-17-18-22-26-36-29-32(37-28-31-23-20-19-21-24-31)30-39-40(34,35)38-27-25-33(2)3/h19-21,23-24,32H,4-18,22,25-30H2,1-3H3,(H,34,35). The van der Waals surface area contributed by atoms with Crippen molar-refractivity contribution in [2.45, 2.75) is 122 Å². The van der Waals surface area contributed by atoms with E-state index in [1.165, 1.54) is 89.9 Å². The van der Waals surface area contributed by atoms with Crippen LogP contribution in [0, 0.1) is 0 Å². The van der Waals surface area contributed by atoms with E-state index in [2.05, 4.69) is 6.92 Å². The number of nitrogens with zero attached hydrogens (tertiary/aromatic N) is 1. The molecule has 2 atom stereocenters. The van der Waals surface area contributed by atoms with Gasteiger partial charge in [0.25, 0.3) is 0 Å². The second-order valence-electron chi connectivity index (χ2n) is 11.2. The molecule has 0 bridgehead atoms. The summed E-state index contributed by atoms with van der Waals surface area (Å²) in [6.07, 6.45) is 21.0. The fourth-order valence-corrected chi connectivity index (χ4v) is 5.19. The van der Waals surface area contributed by atoms with Crippen LogP contribution in [0.1, 0.15) is 115 Å². The van der Waals surface area contributed by atoms with E-state index >= 15 is 0 Å². The quantitative estimate of drug-likeness (QED) is 0.0745. The van der Waals surface area contributed by atoms with Crippen molar-refractivity contribution in [3.63, 3.8) is 0 Å². The molecule has 0 spiro atoms. The monoisotopic (exact) mass is 585 g/mol. The fraction of sp³-hybridized carbons (Fsp3) is 0.812. The molecule has 0 fully saturated rings. The van der Waals surface area contributed by atoms with Crippen molar-refractivity contribution < 1.29 is 28.0 Å². The van der Waals surface area contributed by atoms with Crippen molar-refractivity contribution in [3.8, 4) is 0 Å². The van der Waals surface area contributed by atoms with E-state index in [-0.39, 0.29) is 13.2 Å². The van der Waals surface area contributed by atoms with Gasteiger partial charge in [-0.1, -0.05) is 134 Å². The highest BCUT2D eigenvalue weighted by Gasteiger charge is 2.24. The Morgan fingerprint density at radius 3 is 1.77 bits per heavy atom. The van der Waals surface area contributed by atoms with Gasteiger partial charge >= 0.3 is 7.82 Å². The smallest absolute Gasteiger partial charge is 0.379 e. The highest BCUT2D eigenvalue weighted by molar-refractivity contribution is 7.47. The summed E-state index contributed by atoms with van der Waals surface area (Å²) in [6.45, 7) is 4.20. The van der Waals surface area contributed by atoms with Crippen LogP contribution < -0.4 is 0 Å². The van der Waals surface area contributed by atoms with Gasteiger partial charge in [0, 0.05) is 13.2 Å². The van der Waals surface area contributed by atoms with Crippen molar-refractivity contribution in [1.29, 1.82) is 0 Å². The lowest BCUT2D eigenvalue weighted by Crippen LogP contribution is -2.26. The number of rotatable bonds is 29. The number of phosphoric acid groups is 1. The maximum absolute atomic E-state index is 12.2. The highest BCUT2D eigenvalue weighted by Crippen LogP contribution is 2.43. The lowest BCUT2D eigenvalue weighted by Gasteiger charge is -2.20. The van der Waals surface area contributed by atoms with E-state index in [1.807, 2.05) is 49.3 Å². The summed E-state index contributed by atoms with van der Waals surface area (Å²) in [5.74, 6) is 0. The van der Waals surface area contributed by atoms with Crippen LogP contribution >= 0.6 is 7.82 Å². The van der Waals surface area contributed by atoms with Gasteiger partial charge in [0.05, 0.1) is 26.4 Å². The zero-order valence-electron chi connectivity index (χ0n) is 25.9. The van der Waals surface area contributed by atoms with Crippen LogP contribution in [0.15, 0.2) is 30.3 Å². The van der Waals surface area contributed by atoms with Crippen molar-refractivity contribution in [3.05, 3.63) is 35.9 Å². The molecule has 1 aromatic rings. The average molecular weight is 586 g/mol. The number of benzene rings is 1. The Labute approximate surface area is 245 Å². The summed E-state index contributed by atoms with van der Waals surface area (Å²) in [5, 5.41) is 0. The SMILES string of the molecule is CCCCCCCCCCCCCCCCCCOCC(COP(=O)(O)OCCN(C)C)OCc1ccccc1. The number of likely N-dealkylation sites (N-methyl/N-ethyl adjacent to an activating group) is 1. The van der Waals surface area contributed by atoms with Crippen LogP contribution in [0.2, 0.25) is 0 Å². The van der Waals surface area contributed by atoms with Crippen molar-refractivity contribution in [2.75, 3.05) is 47.1 Å². The molecule has 8 heteroatoms. The van der Waals surface area contributed by atoms with Crippen LogP contribution in [0.4, 0.5) is 0 Å². The zero-order chi connectivity index (χ0) is 29.2. The minimum Gasteiger partial charge on any atom is -0.379 e. The largest absolute Gasteiger partial charge is 0.472 e. The van der Waals surface area contributed by atoms with E-state index in [0.29, 0.717) is 26.4 Å². The number of hydrogen-bond acceptors (Lipinski definition) is 6. The number of phosphoric ester groups is 1. The Balaban J connectivity index is 2.11. The molecule has 0 aliphatic carbocycles. The topological polar surface area (TPSA) is 77.5 Å². The second-order valence-corrected chi connectivity index (χ2v) is 12.7. The van der Waals surface area contributed by atoms with Crippen LogP contribution in [0.3, 0.4) is 0 Å². The van der Waals surface area contributed by atoms with Gasteiger partial charge in [0.15, 0.2) is 0 Å². The van der Waals surface area contributed by atoms with E-state index in [9.17, 15) is 9.46 Å². The van der Waals surface area contributed by atoms with Gasteiger partial charge in [-0.05, 0) is 26.1 Å². The first-order valence-electron chi connectivity index (χ1n) is 15.9. The van der Waals surface area contributed by atoms with Gasteiger partial charge in [-0.25, -0.2) is 4.57 Å². The maximum atomic E-state index is 12.2. The van der Waals surface area contributed by atoms with Crippen LogP contribution in [0.25, 0.3) is 0 Å². The summed E-state index contributed by atoms with van der Waals surface area (Å²) < 4.78 is 34.3. The average Bonchev–Trinajstić information content (AvgIpc) is 2.93. The molecular weight excluding hydrogens is 525 g/mol. The second kappa shape index (κ2) is 25.9. The van der Waals surface area contributed by atoms with E-state index in [4.69, 9.17) is 18.5 Å². The molecule has 40 heavy (non-hydrogen) atoms. The van der Waals surface area contributed by atoms with E-state index < -0.39 is 13.9 Å². The van der Waals surface area contributed by atoms with E-state index in [0.717, 1.165) is 18.4 Å². The molecule has 0 radical (unpaired) electrons. The Hall–Kier alpha value is -0.790. The summed E-state index contributed by atoms with van der Waals surface area (Å²) in [4.78, 5) is 11.9. The molecule has 0 aromatic heterocycles. The molecule has 0 heterocycles. The lowest BCUT2D eigenvalue weighted by atomic mass is 10.0. The summed E-state index contributed by atoms with van der Waals surface area (Å²) in [6, 6.07) is 9.84. The van der Waals surface area contributed by atoms with Gasteiger partial charge in [0.1, 0.15) is 6.10 Å². The first-order valence-corrected chi connectivity index (χ1v) is 17.4. The van der Waals surface area contributed by atoms with Crippen molar-refractivity contribution >= 4 is 7.82 Å². The van der Waals surface area contributed by atoms with Gasteiger partial charge in [-0.3, -0.25) is 9.05 Å². The summed E-state index contributed by atoms with van der Waals surface area (Å²) >= 11 is 0. The molecule has 0 saturated heterocycles. The first-order chi connectivity index (χ1) is 19.4. The van der Waals surface area contributed by atoms with Gasteiger partial charge in [0.2, 0.25) is 0 Å². The maximum Gasteiger partial charge on any atom is 0.472 e. The molecule has 1 aromatic carbocycles. The number of ether oxygens (including phenoxy) is 2. The molecule has 1 rings (SSSR count). The van der Waals surface area contributed by atoms with Gasteiger partial charge in [-0.15, -0.1) is 0 Å². The summed E-state index contributed by atoms with van der Waals surface area (Å²) in [7, 11) is -0.396. The minimum absolute atomic E-state index is 0.0679. The highest BCUT2D eigenvalue weighted by atomic mass is 31.2. The third-order valence-electron chi connectivity index (χ3n) is 6.99. The molecular formula is C32H60NO6P. The van der Waals surface area contributed by atoms with Crippen LogP contribution in [0.5, 0.6) is 0 Å². The molecule has 1 N–H and O–H groups in total. The molecule has 0 saturated carbocycles. The molecule has 0 amide bonds. The third kappa shape index (κ3) is 23.9. The number of hydrogen-bond donors (Lipinski definition) is 1. The normalized spacial score (nSPS) is 14.0. The molecule has 2 unspecified atom stereocenters. The predicted octanol–water partition coefficient (Wildman–Crippen LogP) is 8.55. The first kappa shape index (κ1) is 37.2. The Bertz CT molecular complexity index is 721. The van der Waals surface area contributed by atoms with E-state index in [1.54, 1.807) is 0 Å². The Morgan fingerprint density at radius 1 is 0.725 bits per heavy atom. The van der Waals surface area contributed by atoms with Crippen LogP contribution in [-0.2, 0) is 29.7 Å². The third-order valence-corrected chi connectivity index (χ3v) is 7.98. The predicted molar refractivity (Wildman–Crippen MR) is 166 cm³/mol. The lowest BCUT2D eigenvalue weighted by molar-refractivity contribution is -0.0507. The Kier molecular flexibility index (Phi) is 24.1. The van der Waals surface area contributed by atoms with Crippen LogP contribution in [-0.4, -0.2) is 63.0 Å². The molecule has 7 nitrogen and oxygen atoms in total. The molecule has 0 aliphatic heterocycles. The Morgan fingerprint density at radius 2 is 1.25 bits per heavy atom. The zero-order valence-corrected chi connectivity index (χ0v) is 26.8.